The van der Waals surface area contributed by atoms with Gasteiger partial charge in [0, 0.05) is 24.7 Å². The Labute approximate surface area is 185 Å². The number of benzene rings is 2. The van der Waals surface area contributed by atoms with Gasteiger partial charge in [-0.3, -0.25) is 4.79 Å². The summed E-state index contributed by atoms with van der Waals surface area (Å²) in [6, 6.07) is 11.1. The number of likely N-dealkylation sites (N-methyl/N-ethyl adjacent to an activating group) is 1. The van der Waals surface area contributed by atoms with Crippen molar-refractivity contribution in [3.63, 3.8) is 0 Å². The zero-order chi connectivity index (χ0) is 22.6. The van der Waals surface area contributed by atoms with Crippen LogP contribution in [0.1, 0.15) is 25.8 Å². The summed E-state index contributed by atoms with van der Waals surface area (Å²) in [6.45, 7) is 7.59. The minimum atomic E-state index is -0.0750. The number of nitrogens with zero attached hydrogens (tertiary/aromatic N) is 1. The minimum Gasteiger partial charge on any atom is -0.493 e. The highest BCUT2D eigenvalue weighted by Crippen LogP contribution is 2.31. The summed E-state index contributed by atoms with van der Waals surface area (Å²) in [7, 11) is 4.80. The fourth-order valence-electron chi connectivity index (χ4n) is 3.21. The van der Waals surface area contributed by atoms with Crippen molar-refractivity contribution in [1.29, 1.82) is 0 Å². The van der Waals surface area contributed by atoms with Crippen LogP contribution in [-0.4, -0.2) is 58.4 Å². The van der Waals surface area contributed by atoms with Gasteiger partial charge in [0.15, 0.2) is 23.0 Å². The van der Waals surface area contributed by atoms with E-state index in [1.807, 2.05) is 24.3 Å². The molecule has 0 spiro atoms. The first-order chi connectivity index (χ1) is 15.0. The molecule has 2 aromatic carbocycles. The van der Waals surface area contributed by atoms with E-state index < -0.39 is 0 Å². The maximum absolute atomic E-state index is 12.5. The molecule has 0 unspecified atom stereocenters. The van der Waals surface area contributed by atoms with Crippen LogP contribution in [0.15, 0.2) is 36.4 Å². The van der Waals surface area contributed by atoms with Crippen molar-refractivity contribution in [2.75, 3.05) is 52.9 Å². The largest absolute Gasteiger partial charge is 0.493 e. The Hall–Kier alpha value is -2.93. The lowest BCUT2D eigenvalue weighted by Gasteiger charge is -2.19. The molecule has 0 saturated carbocycles. The molecule has 0 heterocycles. The highest BCUT2D eigenvalue weighted by molar-refractivity contribution is 5.91. The zero-order valence-corrected chi connectivity index (χ0v) is 19.2. The van der Waals surface area contributed by atoms with Crippen molar-refractivity contribution >= 4 is 11.6 Å². The summed E-state index contributed by atoms with van der Waals surface area (Å²) in [5.74, 6) is 2.51. The Morgan fingerprint density at radius 3 is 2.16 bits per heavy atom. The van der Waals surface area contributed by atoms with Crippen molar-refractivity contribution in [1.82, 2.24) is 4.90 Å². The van der Waals surface area contributed by atoms with Crippen molar-refractivity contribution in [3.8, 4) is 23.0 Å². The Morgan fingerprint density at radius 1 is 0.871 bits per heavy atom. The van der Waals surface area contributed by atoms with Gasteiger partial charge < -0.3 is 29.2 Å². The summed E-state index contributed by atoms with van der Waals surface area (Å²) < 4.78 is 21.9. The van der Waals surface area contributed by atoms with Crippen LogP contribution >= 0.6 is 0 Å². The molecule has 0 saturated heterocycles. The molecule has 0 aliphatic heterocycles. The van der Waals surface area contributed by atoms with E-state index in [0.717, 1.165) is 25.2 Å². The Kier molecular flexibility index (Phi) is 9.97. The number of hydrogen-bond acceptors (Lipinski definition) is 6. The third-order valence-electron chi connectivity index (χ3n) is 5.10. The molecule has 2 aromatic rings. The van der Waals surface area contributed by atoms with Crippen molar-refractivity contribution in [3.05, 3.63) is 42.0 Å². The lowest BCUT2D eigenvalue weighted by molar-refractivity contribution is -0.116. The summed E-state index contributed by atoms with van der Waals surface area (Å²) in [4.78, 5) is 14.7. The van der Waals surface area contributed by atoms with Gasteiger partial charge in [-0.2, -0.15) is 0 Å². The number of methoxy groups -OCH3 is 3. The first-order valence-corrected chi connectivity index (χ1v) is 10.6. The van der Waals surface area contributed by atoms with Crippen LogP contribution in [0.3, 0.4) is 0 Å². The molecular formula is C24H34N2O5. The van der Waals surface area contributed by atoms with Crippen LogP contribution in [0.25, 0.3) is 0 Å². The van der Waals surface area contributed by atoms with Gasteiger partial charge in [0.25, 0.3) is 0 Å². The predicted molar refractivity (Wildman–Crippen MR) is 123 cm³/mol. The van der Waals surface area contributed by atoms with Crippen molar-refractivity contribution in [2.24, 2.45) is 0 Å². The number of anilines is 1. The van der Waals surface area contributed by atoms with Gasteiger partial charge in [0.05, 0.1) is 21.3 Å². The van der Waals surface area contributed by atoms with E-state index in [2.05, 4.69) is 24.1 Å². The predicted octanol–water partition coefficient (Wildman–Crippen LogP) is 4.00. The number of aryl methyl sites for hydroxylation is 1. The molecule has 31 heavy (non-hydrogen) atoms. The number of carbonyl (C=O) groups is 1. The van der Waals surface area contributed by atoms with Gasteiger partial charge in [0.1, 0.15) is 6.61 Å². The quantitative estimate of drug-likeness (QED) is 0.518. The SMILES string of the molecule is CCN(CC)CCOc1cc(NC(=O)CCc2ccc(OC)c(OC)c2)ccc1OC. The number of rotatable bonds is 13. The van der Waals surface area contributed by atoms with Gasteiger partial charge in [-0.25, -0.2) is 0 Å². The van der Waals surface area contributed by atoms with Gasteiger partial charge in [-0.1, -0.05) is 19.9 Å². The Morgan fingerprint density at radius 2 is 1.52 bits per heavy atom. The first-order valence-electron chi connectivity index (χ1n) is 10.6. The second-order valence-electron chi connectivity index (χ2n) is 6.98. The van der Waals surface area contributed by atoms with Crippen molar-refractivity contribution in [2.45, 2.75) is 26.7 Å². The molecule has 0 aliphatic rings. The highest BCUT2D eigenvalue weighted by Gasteiger charge is 2.11. The zero-order valence-electron chi connectivity index (χ0n) is 19.2. The fourth-order valence-corrected chi connectivity index (χ4v) is 3.21. The van der Waals surface area contributed by atoms with Crippen LogP contribution in [0.5, 0.6) is 23.0 Å². The number of hydrogen-bond donors (Lipinski definition) is 1. The maximum atomic E-state index is 12.5. The van der Waals surface area contributed by atoms with Gasteiger partial charge >= 0.3 is 0 Å². The third-order valence-corrected chi connectivity index (χ3v) is 5.10. The second-order valence-corrected chi connectivity index (χ2v) is 6.98. The number of nitrogens with one attached hydrogen (secondary N) is 1. The molecule has 7 nitrogen and oxygen atoms in total. The number of ether oxygens (including phenoxy) is 4. The summed E-state index contributed by atoms with van der Waals surface area (Å²) >= 11 is 0. The molecule has 0 aliphatic carbocycles. The summed E-state index contributed by atoms with van der Waals surface area (Å²) in [6.07, 6.45) is 0.940. The average molecular weight is 431 g/mol. The average Bonchev–Trinajstić information content (AvgIpc) is 2.80. The highest BCUT2D eigenvalue weighted by atomic mass is 16.5. The Bertz CT molecular complexity index is 837. The maximum Gasteiger partial charge on any atom is 0.224 e. The minimum absolute atomic E-state index is 0.0750. The molecule has 0 atom stereocenters. The molecule has 1 N–H and O–H groups in total. The molecular weight excluding hydrogens is 396 g/mol. The molecule has 0 aromatic heterocycles. The molecule has 7 heteroatoms. The number of carbonyl (C=O) groups excluding carboxylic acids is 1. The van der Waals surface area contributed by atoms with E-state index in [1.54, 1.807) is 33.5 Å². The molecule has 0 radical (unpaired) electrons. The summed E-state index contributed by atoms with van der Waals surface area (Å²) in [5, 5.41) is 2.94. The third kappa shape index (κ3) is 7.36. The lowest BCUT2D eigenvalue weighted by atomic mass is 10.1. The standard InChI is InChI=1S/C24H34N2O5/c1-6-26(7-2)14-15-31-23-17-19(10-12-21(23)29-4)25-24(27)13-9-18-8-11-20(28-3)22(16-18)30-5/h8,10-12,16-17H,6-7,9,13-15H2,1-5H3,(H,25,27). The molecule has 1 amide bonds. The topological polar surface area (TPSA) is 69.3 Å². The van der Waals surface area contributed by atoms with E-state index in [0.29, 0.717) is 48.1 Å². The van der Waals surface area contributed by atoms with Gasteiger partial charge in [0.2, 0.25) is 5.91 Å². The lowest BCUT2D eigenvalue weighted by Crippen LogP contribution is -2.28. The van der Waals surface area contributed by atoms with E-state index in [9.17, 15) is 4.79 Å². The first kappa shape index (κ1) is 24.3. The van der Waals surface area contributed by atoms with Crippen LogP contribution < -0.4 is 24.3 Å². The number of amides is 1. The van der Waals surface area contributed by atoms with Crippen LogP contribution in [0.4, 0.5) is 5.69 Å². The van der Waals surface area contributed by atoms with E-state index in [4.69, 9.17) is 18.9 Å². The van der Waals surface area contributed by atoms with Crippen molar-refractivity contribution < 1.29 is 23.7 Å². The molecule has 170 valence electrons. The molecule has 0 bridgehead atoms. The van der Waals surface area contributed by atoms with Crippen LogP contribution in [-0.2, 0) is 11.2 Å². The fraction of sp³-hybridized carbons (Fsp3) is 0.458. The van der Waals surface area contributed by atoms with Crippen LogP contribution in [0.2, 0.25) is 0 Å². The molecule has 0 fully saturated rings. The van der Waals surface area contributed by atoms with E-state index in [1.165, 1.54) is 0 Å². The van der Waals surface area contributed by atoms with Gasteiger partial charge in [-0.15, -0.1) is 0 Å². The van der Waals surface area contributed by atoms with Gasteiger partial charge in [-0.05, 0) is 49.3 Å². The molecule has 2 rings (SSSR count). The summed E-state index contributed by atoms with van der Waals surface area (Å²) in [5.41, 5.74) is 1.68. The monoisotopic (exact) mass is 430 g/mol. The van der Waals surface area contributed by atoms with E-state index >= 15 is 0 Å². The second kappa shape index (κ2) is 12.7. The Balaban J connectivity index is 1.95. The smallest absolute Gasteiger partial charge is 0.224 e. The van der Waals surface area contributed by atoms with Crippen LogP contribution in [0, 0.1) is 0 Å². The van der Waals surface area contributed by atoms with E-state index in [-0.39, 0.29) is 5.91 Å². The normalized spacial score (nSPS) is 10.6.